The molecule has 4 aliphatic rings. The molecule has 7 heteroatoms. The molecule has 0 N–H and O–H groups in total. The van der Waals surface area contributed by atoms with Gasteiger partial charge in [-0.2, -0.15) is 0 Å². The zero-order valence-corrected chi connectivity index (χ0v) is 14.7. The molecule has 2 heterocycles. The van der Waals surface area contributed by atoms with Gasteiger partial charge in [0.1, 0.15) is 17.1 Å². The number of esters is 3. The number of rotatable bonds is 5. The molecule has 4 rings (SSSR count). The van der Waals surface area contributed by atoms with Crippen molar-refractivity contribution in [2.24, 2.45) is 11.8 Å². The Kier molecular flexibility index (Phi) is 4.78. The van der Waals surface area contributed by atoms with Gasteiger partial charge in [-0.05, 0) is 38.5 Å². The molecule has 4 fully saturated rings. The van der Waals surface area contributed by atoms with Crippen LogP contribution in [-0.2, 0) is 28.6 Å². The minimum atomic E-state index is -0.968. The first-order valence-corrected chi connectivity index (χ1v) is 9.03. The molecule has 4 bridgehead atoms. The Balaban J connectivity index is 1.71. The summed E-state index contributed by atoms with van der Waals surface area (Å²) in [6, 6.07) is 0. The third-order valence-corrected chi connectivity index (χ3v) is 5.42. The van der Waals surface area contributed by atoms with Crippen LogP contribution in [0.2, 0.25) is 0 Å². The van der Waals surface area contributed by atoms with Crippen LogP contribution in [0.4, 0.5) is 0 Å². The van der Waals surface area contributed by atoms with Crippen molar-refractivity contribution in [1.29, 1.82) is 0 Å². The summed E-state index contributed by atoms with van der Waals surface area (Å²) < 4.78 is 16.5. The SMILES string of the molecule is CCC(OC(=O)C(C)Cl)C(=O)OC12CC3CC(C1)OC(=O)C(C3)C2. The van der Waals surface area contributed by atoms with Crippen molar-refractivity contribution in [3.8, 4) is 0 Å². The monoisotopic (exact) mass is 358 g/mol. The average molecular weight is 359 g/mol. The number of alkyl halides is 1. The summed E-state index contributed by atoms with van der Waals surface area (Å²) in [6.07, 6.45) is 2.61. The third kappa shape index (κ3) is 3.39. The molecule has 2 aliphatic carbocycles. The normalized spacial score (nSPS) is 36.5. The van der Waals surface area contributed by atoms with Crippen molar-refractivity contribution in [3.63, 3.8) is 0 Å². The fourth-order valence-electron chi connectivity index (χ4n) is 4.31. The van der Waals surface area contributed by atoms with E-state index in [0.29, 0.717) is 25.2 Å². The van der Waals surface area contributed by atoms with E-state index in [1.165, 1.54) is 6.92 Å². The second-order valence-electron chi connectivity index (χ2n) is 7.26. The minimum Gasteiger partial charge on any atom is -0.462 e. The molecular formula is C17H23ClO6. The summed E-state index contributed by atoms with van der Waals surface area (Å²) in [5, 5.41) is -0.819. The zero-order chi connectivity index (χ0) is 17.5. The van der Waals surface area contributed by atoms with Gasteiger partial charge in [0.05, 0.1) is 5.92 Å². The van der Waals surface area contributed by atoms with Gasteiger partial charge in [0.25, 0.3) is 0 Å². The quantitative estimate of drug-likeness (QED) is 0.426. The van der Waals surface area contributed by atoms with Gasteiger partial charge in [-0.3, -0.25) is 9.59 Å². The molecule has 0 aromatic heterocycles. The first kappa shape index (κ1) is 17.5. The highest BCUT2D eigenvalue weighted by Gasteiger charge is 2.55. The van der Waals surface area contributed by atoms with E-state index in [2.05, 4.69) is 0 Å². The van der Waals surface area contributed by atoms with Gasteiger partial charge in [-0.25, -0.2) is 4.79 Å². The molecule has 24 heavy (non-hydrogen) atoms. The molecule has 0 aromatic carbocycles. The summed E-state index contributed by atoms with van der Waals surface area (Å²) in [7, 11) is 0. The van der Waals surface area contributed by atoms with Gasteiger partial charge >= 0.3 is 17.9 Å². The summed E-state index contributed by atoms with van der Waals surface area (Å²) in [5.74, 6) is -1.23. The average Bonchev–Trinajstić information content (AvgIpc) is 2.65. The molecule has 134 valence electrons. The van der Waals surface area contributed by atoms with E-state index in [9.17, 15) is 14.4 Å². The lowest BCUT2D eigenvalue weighted by atomic mass is 9.65. The Bertz CT molecular complexity index is 547. The van der Waals surface area contributed by atoms with Crippen LogP contribution in [0.25, 0.3) is 0 Å². The van der Waals surface area contributed by atoms with Crippen LogP contribution in [0, 0.1) is 11.8 Å². The number of hydrogen-bond acceptors (Lipinski definition) is 6. The molecule has 6 atom stereocenters. The summed E-state index contributed by atoms with van der Waals surface area (Å²) >= 11 is 5.69. The van der Waals surface area contributed by atoms with Gasteiger partial charge in [-0.15, -0.1) is 11.6 Å². The lowest BCUT2D eigenvalue weighted by molar-refractivity contribution is -0.189. The second kappa shape index (κ2) is 6.54. The fourth-order valence-corrected chi connectivity index (χ4v) is 4.36. The standard InChI is InChI=1S/C17H23ClO6/c1-3-13(23-14(19)9(2)18)16(21)24-17-6-10-4-11(7-17)15(20)22-12(5-10)8-17/h9-13H,3-8H2,1-2H3. The molecule has 0 amide bonds. The molecule has 0 radical (unpaired) electrons. The fraction of sp³-hybridized carbons (Fsp3) is 0.824. The molecule has 0 spiro atoms. The Morgan fingerprint density at radius 2 is 2.04 bits per heavy atom. The summed E-state index contributed by atoms with van der Waals surface area (Å²) in [4.78, 5) is 36.2. The zero-order valence-electron chi connectivity index (χ0n) is 14.0. The Morgan fingerprint density at radius 3 is 2.71 bits per heavy atom. The van der Waals surface area contributed by atoms with E-state index in [-0.39, 0.29) is 18.0 Å². The molecule has 0 aromatic rings. The largest absolute Gasteiger partial charge is 0.462 e. The van der Waals surface area contributed by atoms with Crippen molar-refractivity contribution < 1.29 is 28.6 Å². The lowest BCUT2D eigenvalue weighted by Gasteiger charge is -2.45. The Morgan fingerprint density at radius 1 is 1.29 bits per heavy atom. The first-order valence-electron chi connectivity index (χ1n) is 8.60. The van der Waals surface area contributed by atoms with Gasteiger partial charge in [-0.1, -0.05) is 6.92 Å². The van der Waals surface area contributed by atoms with Gasteiger partial charge in [0.2, 0.25) is 0 Å². The Hall–Kier alpha value is -1.30. The molecule has 2 saturated carbocycles. The summed E-state index contributed by atoms with van der Waals surface area (Å²) in [5.41, 5.74) is -0.674. The third-order valence-electron chi connectivity index (χ3n) is 5.24. The van der Waals surface area contributed by atoms with Crippen LogP contribution in [0.3, 0.4) is 0 Å². The van der Waals surface area contributed by atoms with E-state index in [1.54, 1.807) is 6.92 Å². The number of carbonyl (C=O) groups is 3. The molecule has 2 aliphatic heterocycles. The van der Waals surface area contributed by atoms with Crippen LogP contribution in [0.5, 0.6) is 0 Å². The van der Waals surface area contributed by atoms with Crippen LogP contribution >= 0.6 is 11.6 Å². The highest BCUT2D eigenvalue weighted by molar-refractivity contribution is 6.29. The highest BCUT2D eigenvalue weighted by atomic mass is 35.5. The number of fused-ring (bicyclic) bond motifs is 1. The van der Waals surface area contributed by atoms with E-state index >= 15 is 0 Å². The Labute approximate surface area is 146 Å². The van der Waals surface area contributed by atoms with Crippen molar-refractivity contribution in [2.45, 2.75) is 75.6 Å². The highest BCUT2D eigenvalue weighted by Crippen LogP contribution is 2.51. The molecule has 6 unspecified atom stereocenters. The smallest absolute Gasteiger partial charge is 0.347 e. The van der Waals surface area contributed by atoms with E-state index in [1.807, 2.05) is 0 Å². The number of ether oxygens (including phenoxy) is 3. The first-order chi connectivity index (χ1) is 11.3. The maximum Gasteiger partial charge on any atom is 0.347 e. The topological polar surface area (TPSA) is 78.9 Å². The van der Waals surface area contributed by atoms with E-state index < -0.39 is 29.0 Å². The molecule has 6 nitrogen and oxygen atoms in total. The van der Waals surface area contributed by atoms with Crippen LogP contribution in [0.1, 0.15) is 52.4 Å². The van der Waals surface area contributed by atoms with Crippen molar-refractivity contribution >= 4 is 29.5 Å². The van der Waals surface area contributed by atoms with Gasteiger partial charge < -0.3 is 14.2 Å². The van der Waals surface area contributed by atoms with E-state index in [4.69, 9.17) is 25.8 Å². The van der Waals surface area contributed by atoms with Gasteiger partial charge in [0, 0.05) is 12.8 Å². The van der Waals surface area contributed by atoms with Gasteiger partial charge in [0.15, 0.2) is 6.10 Å². The predicted octanol–water partition coefficient (Wildman–Crippen LogP) is 2.35. The number of hydrogen-bond donors (Lipinski definition) is 0. The summed E-state index contributed by atoms with van der Waals surface area (Å²) in [6.45, 7) is 3.24. The second-order valence-corrected chi connectivity index (χ2v) is 7.91. The van der Waals surface area contributed by atoms with Crippen molar-refractivity contribution in [3.05, 3.63) is 0 Å². The predicted molar refractivity (Wildman–Crippen MR) is 84.3 cm³/mol. The lowest BCUT2D eigenvalue weighted by Crippen LogP contribution is -2.49. The maximum absolute atomic E-state index is 12.5. The van der Waals surface area contributed by atoms with Crippen LogP contribution < -0.4 is 0 Å². The molecular weight excluding hydrogens is 336 g/mol. The van der Waals surface area contributed by atoms with Crippen LogP contribution in [-0.4, -0.2) is 41.1 Å². The van der Waals surface area contributed by atoms with Crippen LogP contribution in [0.15, 0.2) is 0 Å². The maximum atomic E-state index is 12.5. The van der Waals surface area contributed by atoms with Crippen molar-refractivity contribution in [1.82, 2.24) is 0 Å². The number of halogens is 1. The van der Waals surface area contributed by atoms with E-state index in [0.717, 1.165) is 19.3 Å². The minimum absolute atomic E-state index is 0.172. The molecule has 2 saturated heterocycles. The number of carbonyl (C=O) groups excluding carboxylic acids is 3. The van der Waals surface area contributed by atoms with Crippen molar-refractivity contribution in [2.75, 3.05) is 0 Å².